The zero-order valence-electron chi connectivity index (χ0n) is 12.5. The number of hydrogen-bond acceptors (Lipinski definition) is 4. The molecule has 0 radical (unpaired) electrons. The highest BCUT2D eigenvalue weighted by Crippen LogP contribution is 2.14. The number of rotatable bonds is 6. The van der Waals surface area contributed by atoms with E-state index in [1.165, 1.54) is 42.5 Å². The molecule has 0 fully saturated rings. The van der Waals surface area contributed by atoms with E-state index in [9.17, 15) is 19.7 Å². The highest BCUT2D eigenvalue weighted by Gasteiger charge is 2.05. The molecule has 2 aromatic rings. The molecule has 24 heavy (non-hydrogen) atoms. The van der Waals surface area contributed by atoms with Gasteiger partial charge < -0.3 is 10.4 Å². The first kappa shape index (κ1) is 16.9. The molecule has 0 saturated heterocycles. The predicted molar refractivity (Wildman–Crippen MR) is 87.4 cm³/mol. The molecule has 0 atom stereocenters. The van der Waals surface area contributed by atoms with Crippen molar-refractivity contribution in [2.75, 3.05) is 0 Å². The van der Waals surface area contributed by atoms with Crippen molar-refractivity contribution in [2.45, 2.75) is 6.54 Å². The van der Waals surface area contributed by atoms with E-state index >= 15 is 0 Å². The van der Waals surface area contributed by atoms with E-state index in [1.807, 2.05) is 0 Å². The van der Waals surface area contributed by atoms with Crippen molar-refractivity contribution in [1.29, 1.82) is 0 Å². The van der Waals surface area contributed by atoms with Gasteiger partial charge in [0, 0.05) is 24.8 Å². The maximum Gasteiger partial charge on any atom is 0.335 e. The molecule has 7 nitrogen and oxygen atoms in total. The van der Waals surface area contributed by atoms with Gasteiger partial charge in [-0.2, -0.15) is 0 Å². The summed E-state index contributed by atoms with van der Waals surface area (Å²) in [7, 11) is 0. The molecule has 0 spiro atoms. The smallest absolute Gasteiger partial charge is 0.335 e. The molecule has 0 aromatic heterocycles. The summed E-state index contributed by atoms with van der Waals surface area (Å²) in [5.74, 6) is -1.42. The molecule has 0 heterocycles. The number of non-ortho nitro benzene ring substituents is 1. The standard InChI is InChI=1S/C17H14N2O5/c20-16(8-7-12-3-2-6-15(10-12)19(23)24)18-11-13-4-1-5-14(9-13)17(21)22/h1-10H,11H2,(H,18,20)(H,21,22)/b8-7+. The second kappa shape index (κ2) is 7.68. The minimum Gasteiger partial charge on any atom is -0.478 e. The van der Waals surface area contributed by atoms with Crippen molar-refractivity contribution in [3.63, 3.8) is 0 Å². The molecule has 0 bridgehead atoms. The van der Waals surface area contributed by atoms with Crippen molar-refractivity contribution < 1.29 is 19.6 Å². The van der Waals surface area contributed by atoms with Crippen LogP contribution in [0.25, 0.3) is 6.08 Å². The number of benzene rings is 2. The summed E-state index contributed by atoms with van der Waals surface area (Å²) in [5.41, 5.74) is 1.29. The molecule has 0 unspecified atom stereocenters. The normalized spacial score (nSPS) is 10.5. The number of carboxylic acids is 1. The minimum atomic E-state index is -1.03. The van der Waals surface area contributed by atoms with Gasteiger partial charge in [-0.3, -0.25) is 14.9 Å². The average Bonchev–Trinajstić information content (AvgIpc) is 2.58. The van der Waals surface area contributed by atoms with Crippen molar-refractivity contribution in [3.05, 3.63) is 81.4 Å². The fourth-order valence-electron chi connectivity index (χ4n) is 1.98. The first-order valence-corrected chi connectivity index (χ1v) is 6.98. The molecule has 0 aliphatic carbocycles. The summed E-state index contributed by atoms with van der Waals surface area (Å²) in [6.07, 6.45) is 2.73. The first-order valence-electron chi connectivity index (χ1n) is 6.98. The lowest BCUT2D eigenvalue weighted by Crippen LogP contribution is -2.20. The van der Waals surface area contributed by atoms with Gasteiger partial charge in [-0.25, -0.2) is 4.79 Å². The Morgan fingerprint density at radius 3 is 2.62 bits per heavy atom. The number of amides is 1. The van der Waals surface area contributed by atoms with Gasteiger partial charge in [0.05, 0.1) is 10.5 Å². The van der Waals surface area contributed by atoms with E-state index in [0.717, 1.165) is 0 Å². The van der Waals surface area contributed by atoms with Crippen LogP contribution in [0, 0.1) is 10.1 Å². The summed E-state index contributed by atoms with van der Waals surface area (Å²) in [6.45, 7) is 0.180. The van der Waals surface area contributed by atoms with Crippen LogP contribution in [0.15, 0.2) is 54.6 Å². The lowest BCUT2D eigenvalue weighted by molar-refractivity contribution is -0.384. The van der Waals surface area contributed by atoms with Crippen LogP contribution < -0.4 is 5.32 Å². The quantitative estimate of drug-likeness (QED) is 0.482. The molecule has 0 aliphatic rings. The van der Waals surface area contributed by atoms with Crippen LogP contribution in [0.2, 0.25) is 0 Å². The fraction of sp³-hybridized carbons (Fsp3) is 0.0588. The van der Waals surface area contributed by atoms with Gasteiger partial charge in [-0.1, -0.05) is 24.3 Å². The van der Waals surface area contributed by atoms with Crippen molar-refractivity contribution in [3.8, 4) is 0 Å². The maximum atomic E-state index is 11.8. The van der Waals surface area contributed by atoms with Crippen LogP contribution in [0.3, 0.4) is 0 Å². The van der Waals surface area contributed by atoms with Crippen LogP contribution in [0.4, 0.5) is 5.69 Å². The van der Waals surface area contributed by atoms with Crippen LogP contribution in [0.5, 0.6) is 0 Å². The van der Waals surface area contributed by atoms with E-state index in [0.29, 0.717) is 11.1 Å². The van der Waals surface area contributed by atoms with E-state index in [4.69, 9.17) is 5.11 Å². The SMILES string of the molecule is O=C(/C=C/c1cccc([N+](=O)[O-])c1)NCc1cccc(C(=O)O)c1. The lowest BCUT2D eigenvalue weighted by Gasteiger charge is -2.03. The molecule has 1 amide bonds. The van der Waals surface area contributed by atoms with Crippen LogP contribution in [0.1, 0.15) is 21.5 Å². The number of nitro groups is 1. The Hall–Kier alpha value is -3.48. The fourth-order valence-corrected chi connectivity index (χ4v) is 1.98. The van der Waals surface area contributed by atoms with Gasteiger partial charge in [-0.15, -0.1) is 0 Å². The Morgan fingerprint density at radius 1 is 1.17 bits per heavy atom. The second-order valence-electron chi connectivity index (χ2n) is 4.91. The van der Waals surface area contributed by atoms with E-state index in [2.05, 4.69) is 5.32 Å². The van der Waals surface area contributed by atoms with Gasteiger partial charge in [0.1, 0.15) is 0 Å². The molecular weight excluding hydrogens is 312 g/mol. The van der Waals surface area contributed by atoms with Crippen LogP contribution >= 0.6 is 0 Å². The largest absolute Gasteiger partial charge is 0.478 e. The lowest BCUT2D eigenvalue weighted by atomic mass is 10.1. The number of nitrogens with one attached hydrogen (secondary N) is 1. The maximum absolute atomic E-state index is 11.8. The Labute approximate surface area is 137 Å². The third-order valence-electron chi connectivity index (χ3n) is 3.15. The van der Waals surface area contributed by atoms with E-state index < -0.39 is 10.9 Å². The predicted octanol–water partition coefficient (Wildman–Crippen LogP) is 2.62. The highest BCUT2D eigenvalue weighted by molar-refractivity contribution is 5.92. The number of carboxylic acid groups (broad SMARTS) is 1. The monoisotopic (exact) mass is 326 g/mol. The molecule has 0 aliphatic heterocycles. The zero-order valence-corrected chi connectivity index (χ0v) is 12.5. The Kier molecular flexibility index (Phi) is 5.40. The number of aromatic carboxylic acids is 1. The summed E-state index contributed by atoms with van der Waals surface area (Å²) >= 11 is 0. The van der Waals surface area contributed by atoms with E-state index in [-0.39, 0.29) is 23.7 Å². The average molecular weight is 326 g/mol. The van der Waals surface area contributed by atoms with Crippen molar-refractivity contribution >= 4 is 23.6 Å². The van der Waals surface area contributed by atoms with Crippen molar-refractivity contribution in [2.24, 2.45) is 0 Å². The molecule has 2 aromatic carbocycles. The number of hydrogen-bond donors (Lipinski definition) is 2. The van der Waals surface area contributed by atoms with Crippen molar-refractivity contribution in [1.82, 2.24) is 5.32 Å². The topological polar surface area (TPSA) is 110 Å². The highest BCUT2D eigenvalue weighted by atomic mass is 16.6. The molecular formula is C17H14N2O5. The van der Waals surface area contributed by atoms with Crippen LogP contribution in [-0.2, 0) is 11.3 Å². The molecule has 122 valence electrons. The third kappa shape index (κ3) is 4.77. The zero-order chi connectivity index (χ0) is 17.5. The molecule has 2 N–H and O–H groups in total. The summed E-state index contributed by atoms with van der Waals surface area (Å²) in [6, 6.07) is 12.2. The summed E-state index contributed by atoms with van der Waals surface area (Å²) < 4.78 is 0. The summed E-state index contributed by atoms with van der Waals surface area (Å²) in [4.78, 5) is 32.8. The summed E-state index contributed by atoms with van der Waals surface area (Å²) in [5, 5.41) is 22.2. The van der Waals surface area contributed by atoms with Gasteiger partial charge in [0.15, 0.2) is 0 Å². The number of carbonyl (C=O) groups is 2. The second-order valence-corrected chi connectivity index (χ2v) is 4.91. The van der Waals surface area contributed by atoms with Gasteiger partial charge in [0.25, 0.3) is 5.69 Å². The number of nitrogens with zero attached hydrogens (tertiary/aromatic N) is 1. The molecule has 7 heteroatoms. The Bertz CT molecular complexity index is 814. The molecule has 0 saturated carbocycles. The van der Waals surface area contributed by atoms with Gasteiger partial charge >= 0.3 is 5.97 Å². The minimum absolute atomic E-state index is 0.0527. The van der Waals surface area contributed by atoms with Gasteiger partial charge in [-0.05, 0) is 29.3 Å². The van der Waals surface area contributed by atoms with E-state index in [1.54, 1.807) is 18.2 Å². The molecule has 2 rings (SSSR count). The van der Waals surface area contributed by atoms with Gasteiger partial charge in [0.2, 0.25) is 5.91 Å². The number of nitro benzene ring substituents is 1. The Morgan fingerprint density at radius 2 is 1.92 bits per heavy atom. The van der Waals surface area contributed by atoms with Crippen LogP contribution in [-0.4, -0.2) is 21.9 Å². The third-order valence-corrected chi connectivity index (χ3v) is 3.15. The Balaban J connectivity index is 1.96. The first-order chi connectivity index (χ1) is 11.5. The number of carbonyl (C=O) groups excluding carboxylic acids is 1.